The third-order valence-electron chi connectivity index (χ3n) is 1.49. The van der Waals surface area contributed by atoms with Gasteiger partial charge in [-0.25, -0.2) is 8.42 Å². The van der Waals surface area contributed by atoms with Crippen LogP contribution in [0.2, 0.25) is 0 Å². The van der Waals surface area contributed by atoms with E-state index >= 15 is 0 Å². The molecule has 0 aliphatic carbocycles. The smallest absolute Gasteiger partial charge is 0.140 e. The molecule has 65 valence electrons. The summed E-state index contributed by atoms with van der Waals surface area (Å²) in [5.41, 5.74) is 1.08. The zero-order chi connectivity index (χ0) is 8.81. The highest BCUT2D eigenvalue weighted by atomic mass is 32.2. The van der Waals surface area contributed by atoms with E-state index in [4.69, 9.17) is 0 Å². The maximum Gasteiger partial charge on any atom is 0.140 e. The number of rotatable bonds is 4. The molecule has 0 atom stereocenters. The molecular formula is C9H11O2S. The highest BCUT2D eigenvalue weighted by Crippen LogP contribution is 2.04. The predicted molar refractivity (Wildman–Crippen MR) is 49.6 cm³/mol. The Morgan fingerprint density at radius 3 is 2.42 bits per heavy atom. The van der Waals surface area contributed by atoms with E-state index in [0.717, 1.165) is 5.56 Å². The van der Waals surface area contributed by atoms with Crippen LogP contribution in [0.15, 0.2) is 30.3 Å². The Kier molecular flexibility index (Phi) is 3.80. The van der Waals surface area contributed by atoms with E-state index in [1.165, 1.54) is 0 Å². The quantitative estimate of drug-likeness (QED) is 0.713. The Balaban J connectivity index is 2.34. The van der Waals surface area contributed by atoms with E-state index in [9.17, 15) is 8.42 Å². The Morgan fingerprint density at radius 1 is 1.17 bits per heavy atom. The minimum absolute atomic E-state index is 0.240. The number of thiol groups is 1. The van der Waals surface area contributed by atoms with Crippen molar-refractivity contribution in [1.29, 1.82) is 0 Å². The van der Waals surface area contributed by atoms with Crippen LogP contribution in [0.4, 0.5) is 0 Å². The van der Waals surface area contributed by atoms with Crippen molar-refractivity contribution in [2.75, 3.05) is 5.75 Å². The first-order valence-corrected chi connectivity index (χ1v) is 5.15. The first kappa shape index (κ1) is 9.26. The number of benzene rings is 1. The van der Waals surface area contributed by atoms with Crippen LogP contribution in [-0.4, -0.2) is 14.2 Å². The minimum Gasteiger partial charge on any atom is -0.232 e. The van der Waals surface area contributed by atoms with E-state index in [-0.39, 0.29) is 5.75 Å². The van der Waals surface area contributed by atoms with Crippen molar-refractivity contribution in [3.8, 4) is 0 Å². The van der Waals surface area contributed by atoms with Crippen molar-refractivity contribution in [3.63, 3.8) is 0 Å². The van der Waals surface area contributed by atoms with Gasteiger partial charge in [-0.05, 0) is 18.4 Å². The molecule has 0 unspecified atom stereocenters. The Labute approximate surface area is 74.2 Å². The van der Waals surface area contributed by atoms with Gasteiger partial charge in [0.25, 0.3) is 0 Å². The van der Waals surface area contributed by atoms with Crippen LogP contribution < -0.4 is 0 Å². The average molecular weight is 183 g/mol. The highest BCUT2D eigenvalue weighted by Gasteiger charge is 1.92. The van der Waals surface area contributed by atoms with Crippen LogP contribution >= 0.6 is 0 Å². The summed E-state index contributed by atoms with van der Waals surface area (Å²) in [6.45, 7) is 0. The van der Waals surface area contributed by atoms with Crippen molar-refractivity contribution >= 4 is 10.7 Å². The van der Waals surface area contributed by atoms with E-state index in [1.807, 2.05) is 36.8 Å². The largest absolute Gasteiger partial charge is 0.232 e. The predicted octanol–water partition coefficient (Wildman–Crippen LogP) is 1.24. The molecular weight excluding hydrogens is 172 g/mol. The lowest BCUT2D eigenvalue weighted by atomic mass is 10.1. The molecule has 3 heteroatoms. The first-order chi connectivity index (χ1) is 5.79. The second-order valence-corrected chi connectivity index (χ2v) is 3.57. The van der Waals surface area contributed by atoms with Crippen LogP contribution in [-0.2, 0) is 10.7 Å². The maximum absolute atomic E-state index is 10.2. The van der Waals surface area contributed by atoms with Crippen molar-refractivity contribution in [2.24, 2.45) is 0 Å². The van der Waals surface area contributed by atoms with Crippen molar-refractivity contribution in [2.45, 2.75) is 6.42 Å². The fourth-order valence-electron chi connectivity index (χ4n) is 0.926. The Morgan fingerprint density at radius 2 is 1.83 bits per heavy atom. The van der Waals surface area contributed by atoms with Crippen molar-refractivity contribution < 1.29 is 8.42 Å². The molecule has 0 aliphatic heterocycles. The first-order valence-electron chi connectivity index (χ1n) is 3.79. The molecule has 0 amide bonds. The fourth-order valence-corrected chi connectivity index (χ4v) is 1.27. The molecule has 1 aromatic carbocycles. The van der Waals surface area contributed by atoms with Gasteiger partial charge in [0, 0.05) is 5.75 Å². The molecule has 0 bridgehead atoms. The lowest BCUT2D eigenvalue weighted by Crippen LogP contribution is -1.89. The molecule has 0 heterocycles. The summed E-state index contributed by atoms with van der Waals surface area (Å²) in [4.78, 5) is 0. The SMILES string of the molecule is O=[SH](=O)CC[CH]c1ccccc1. The Bertz CT molecular complexity index is 283. The topological polar surface area (TPSA) is 34.1 Å². The molecule has 0 N–H and O–H groups in total. The van der Waals surface area contributed by atoms with Crippen LogP contribution in [0.5, 0.6) is 0 Å². The molecule has 0 spiro atoms. The molecule has 0 saturated carbocycles. The third-order valence-corrected chi connectivity index (χ3v) is 2.11. The summed E-state index contributed by atoms with van der Waals surface area (Å²) in [6, 6.07) is 9.72. The van der Waals surface area contributed by atoms with Gasteiger partial charge in [-0.3, -0.25) is 0 Å². The average Bonchev–Trinajstić information content (AvgIpc) is 2.05. The summed E-state index contributed by atoms with van der Waals surface area (Å²) in [5.74, 6) is 0.240. The van der Waals surface area contributed by atoms with Gasteiger partial charge in [0.15, 0.2) is 0 Å². The second-order valence-electron chi connectivity index (χ2n) is 2.46. The molecule has 1 aromatic rings. The van der Waals surface area contributed by atoms with Gasteiger partial charge < -0.3 is 0 Å². The normalized spacial score (nSPS) is 10.4. The van der Waals surface area contributed by atoms with Gasteiger partial charge in [-0.15, -0.1) is 0 Å². The van der Waals surface area contributed by atoms with Gasteiger partial charge in [-0.1, -0.05) is 30.3 Å². The van der Waals surface area contributed by atoms with Crippen LogP contribution in [0, 0.1) is 6.42 Å². The van der Waals surface area contributed by atoms with E-state index in [2.05, 4.69) is 0 Å². The molecule has 0 aromatic heterocycles. The molecule has 2 nitrogen and oxygen atoms in total. The van der Waals surface area contributed by atoms with E-state index in [0.29, 0.717) is 6.42 Å². The molecule has 0 fully saturated rings. The Hall–Kier alpha value is -0.830. The lowest BCUT2D eigenvalue weighted by molar-refractivity contribution is 0.614. The summed E-state index contributed by atoms with van der Waals surface area (Å²) in [6.07, 6.45) is 2.52. The van der Waals surface area contributed by atoms with Crippen molar-refractivity contribution in [1.82, 2.24) is 0 Å². The fraction of sp³-hybridized carbons (Fsp3) is 0.222. The number of hydrogen-bond donors (Lipinski definition) is 1. The zero-order valence-electron chi connectivity index (χ0n) is 6.64. The van der Waals surface area contributed by atoms with E-state index in [1.54, 1.807) is 0 Å². The molecule has 1 radical (unpaired) electrons. The zero-order valence-corrected chi connectivity index (χ0v) is 7.54. The molecule has 12 heavy (non-hydrogen) atoms. The van der Waals surface area contributed by atoms with Gasteiger partial charge in [-0.2, -0.15) is 0 Å². The van der Waals surface area contributed by atoms with Crippen LogP contribution in [0.25, 0.3) is 0 Å². The van der Waals surface area contributed by atoms with E-state index < -0.39 is 10.7 Å². The monoisotopic (exact) mass is 183 g/mol. The van der Waals surface area contributed by atoms with Crippen molar-refractivity contribution in [3.05, 3.63) is 42.3 Å². The molecule has 0 saturated heterocycles. The standard InChI is InChI=1S/C9H11O2S/c10-12(11)8-4-7-9-5-2-1-3-6-9/h1-3,5-7,12H,4,8H2. The minimum atomic E-state index is -2.23. The maximum atomic E-state index is 10.2. The van der Waals surface area contributed by atoms with Gasteiger partial charge >= 0.3 is 0 Å². The highest BCUT2D eigenvalue weighted by molar-refractivity contribution is 7.72. The van der Waals surface area contributed by atoms with Crippen LogP contribution in [0.3, 0.4) is 0 Å². The molecule has 0 aliphatic rings. The van der Waals surface area contributed by atoms with Gasteiger partial charge in [0.05, 0.1) is 0 Å². The number of hydrogen-bond acceptors (Lipinski definition) is 2. The third kappa shape index (κ3) is 3.53. The van der Waals surface area contributed by atoms with Gasteiger partial charge in [0.2, 0.25) is 0 Å². The summed E-state index contributed by atoms with van der Waals surface area (Å²) in [5, 5.41) is 0. The van der Waals surface area contributed by atoms with Gasteiger partial charge in [0.1, 0.15) is 10.7 Å². The summed E-state index contributed by atoms with van der Waals surface area (Å²) in [7, 11) is -2.23. The second kappa shape index (κ2) is 4.93. The van der Waals surface area contributed by atoms with Crippen LogP contribution in [0.1, 0.15) is 12.0 Å². The lowest BCUT2D eigenvalue weighted by Gasteiger charge is -1.95. The summed E-state index contributed by atoms with van der Waals surface area (Å²) >= 11 is 0. The molecule has 1 rings (SSSR count). The summed E-state index contributed by atoms with van der Waals surface area (Å²) < 4.78 is 20.4.